The van der Waals surface area contributed by atoms with E-state index >= 15 is 8.78 Å². The Morgan fingerprint density at radius 1 is 0.571 bits per heavy atom. The van der Waals surface area contributed by atoms with Crippen molar-refractivity contribution in [1.29, 1.82) is 0 Å². The lowest BCUT2D eigenvalue weighted by Crippen LogP contribution is -2.13. The molecule has 0 unspecified atom stereocenters. The van der Waals surface area contributed by atoms with Gasteiger partial charge in [-0.15, -0.1) is 0 Å². The lowest BCUT2D eigenvalue weighted by Gasteiger charge is -2.29. The highest BCUT2D eigenvalue weighted by Gasteiger charge is 2.23. The Hall–Kier alpha value is -2.55. The molecule has 0 bridgehead atoms. The first-order valence-electron chi connectivity index (χ1n) is 16.9. The molecule has 42 heavy (non-hydrogen) atoms. The van der Waals surface area contributed by atoms with Crippen LogP contribution in [0, 0.1) is 23.4 Å². The molecule has 0 saturated heterocycles. The van der Waals surface area contributed by atoms with E-state index < -0.39 is 11.6 Å². The van der Waals surface area contributed by atoms with Crippen LogP contribution in [-0.4, -0.2) is 0 Å². The minimum absolute atomic E-state index is 0.215. The summed E-state index contributed by atoms with van der Waals surface area (Å²) in [6.45, 7) is 4.47. The van der Waals surface area contributed by atoms with Crippen molar-refractivity contribution >= 4 is 0 Å². The van der Waals surface area contributed by atoms with Gasteiger partial charge in [0.1, 0.15) is 5.82 Å². The Morgan fingerprint density at radius 3 is 1.79 bits per heavy atom. The zero-order valence-electron chi connectivity index (χ0n) is 26.0. The molecule has 0 radical (unpaired) electrons. The summed E-state index contributed by atoms with van der Waals surface area (Å²) >= 11 is 0. The smallest absolute Gasteiger partial charge is 0.166 e. The van der Waals surface area contributed by atoms with Crippen LogP contribution < -0.4 is 0 Å². The van der Waals surface area contributed by atoms with E-state index in [4.69, 9.17) is 0 Å². The highest BCUT2D eigenvalue weighted by atomic mass is 19.2. The van der Waals surface area contributed by atoms with E-state index in [1.54, 1.807) is 42.5 Å². The highest BCUT2D eigenvalue weighted by molar-refractivity contribution is 5.71. The van der Waals surface area contributed by atoms with Crippen LogP contribution in [0.2, 0.25) is 0 Å². The fourth-order valence-electron chi connectivity index (χ4n) is 6.77. The van der Waals surface area contributed by atoms with E-state index in [1.807, 2.05) is 6.07 Å². The van der Waals surface area contributed by atoms with Gasteiger partial charge in [-0.05, 0) is 78.7 Å². The molecule has 1 saturated carbocycles. The van der Waals surface area contributed by atoms with Crippen molar-refractivity contribution in [3.05, 3.63) is 83.2 Å². The summed E-state index contributed by atoms with van der Waals surface area (Å²) in [4.78, 5) is 0. The lowest BCUT2D eigenvalue weighted by atomic mass is 9.77. The molecule has 228 valence electrons. The predicted octanol–water partition coefficient (Wildman–Crippen LogP) is 13.0. The summed E-state index contributed by atoms with van der Waals surface area (Å²) in [6, 6.07) is 16.2. The standard InChI is InChI=1S/C39H51F3/c1-3-5-7-8-9-10-11-13-15-33-24-27-36(39(42)38(33)41)32-22-20-31(21-23-32)35-26-25-34(28-37(35)40)30-18-16-29(17-19-30)14-12-6-4-2/h20-30H,3-19H2,1-2H3. The van der Waals surface area contributed by atoms with Crippen LogP contribution in [0.25, 0.3) is 22.3 Å². The Labute approximate surface area is 253 Å². The van der Waals surface area contributed by atoms with Gasteiger partial charge < -0.3 is 0 Å². The average Bonchev–Trinajstić information content (AvgIpc) is 3.01. The first-order valence-corrected chi connectivity index (χ1v) is 16.9. The molecule has 0 aromatic heterocycles. The zero-order valence-corrected chi connectivity index (χ0v) is 26.0. The average molecular weight is 577 g/mol. The van der Waals surface area contributed by atoms with Crippen molar-refractivity contribution < 1.29 is 13.2 Å². The Balaban J connectivity index is 1.33. The maximum atomic E-state index is 15.3. The number of rotatable bonds is 16. The number of aryl methyl sites for hydroxylation is 1. The van der Waals surface area contributed by atoms with E-state index in [0.29, 0.717) is 29.0 Å². The first kappa shape index (κ1) is 32.4. The normalized spacial score (nSPS) is 17.1. The second kappa shape index (κ2) is 16.9. The molecular weight excluding hydrogens is 525 g/mol. The number of halogens is 3. The molecule has 0 atom stereocenters. The van der Waals surface area contributed by atoms with Crippen LogP contribution in [0.4, 0.5) is 13.2 Å². The maximum Gasteiger partial charge on any atom is 0.166 e. The number of hydrogen-bond donors (Lipinski definition) is 0. The number of hydrogen-bond acceptors (Lipinski definition) is 0. The number of benzene rings is 3. The predicted molar refractivity (Wildman–Crippen MR) is 172 cm³/mol. The molecule has 3 aromatic carbocycles. The molecule has 0 nitrogen and oxygen atoms in total. The molecule has 1 fully saturated rings. The van der Waals surface area contributed by atoms with Crippen LogP contribution in [0.1, 0.15) is 134 Å². The zero-order chi connectivity index (χ0) is 29.7. The van der Waals surface area contributed by atoms with Crippen molar-refractivity contribution in [1.82, 2.24) is 0 Å². The molecule has 0 N–H and O–H groups in total. The van der Waals surface area contributed by atoms with E-state index in [1.165, 1.54) is 70.6 Å². The summed E-state index contributed by atoms with van der Waals surface area (Å²) < 4.78 is 45.3. The van der Waals surface area contributed by atoms with Crippen molar-refractivity contribution in [2.45, 2.75) is 129 Å². The Kier molecular flexibility index (Phi) is 13.0. The monoisotopic (exact) mass is 576 g/mol. The fourth-order valence-corrected chi connectivity index (χ4v) is 6.77. The van der Waals surface area contributed by atoms with Gasteiger partial charge in [0.15, 0.2) is 11.6 Å². The van der Waals surface area contributed by atoms with E-state index in [2.05, 4.69) is 19.9 Å². The third-order valence-corrected chi connectivity index (χ3v) is 9.50. The molecule has 1 aliphatic carbocycles. The van der Waals surface area contributed by atoms with Gasteiger partial charge in [0, 0.05) is 11.1 Å². The fraction of sp³-hybridized carbons (Fsp3) is 0.538. The quantitative estimate of drug-likeness (QED) is 0.149. The van der Waals surface area contributed by atoms with Gasteiger partial charge >= 0.3 is 0 Å². The van der Waals surface area contributed by atoms with Gasteiger partial charge in [-0.2, -0.15) is 0 Å². The summed E-state index contributed by atoms with van der Waals surface area (Å²) in [6.07, 6.45) is 20.0. The molecule has 0 amide bonds. The second-order valence-corrected chi connectivity index (χ2v) is 12.7. The molecule has 3 aromatic rings. The summed E-state index contributed by atoms with van der Waals surface area (Å²) in [5.74, 6) is -0.478. The van der Waals surface area contributed by atoms with Crippen LogP contribution in [-0.2, 0) is 6.42 Å². The molecule has 3 heteroatoms. The van der Waals surface area contributed by atoms with Gasteiger partial charge in [0.05, 0.1) is 0 Å². The van der Waals surface area contributed by atoms with Crippen LogP contribution in [0.5, 0.6) is 0 Å². The van der Waals surface area contributed by atoms with E-state index in [0.717, 1.165) is 49.1 Å². The van der Waals surface area contributed by atoms with Crippen molar-refractivity contribution in [3.63, 3.8) is 0 Å². The van der Waals surface area contributed by atoms with Crippen molar-refractivity contribution in [2.75, 3.05) is 0 Å². The van der Waals surface area contributed by atoms with Crippen LogP contribution in [0.15, 0.2) is 54.6 Å². The Morgan fingerprint density at radius 2 is 1.14 bits per heavy atom. The van der Waals surface area contributed by atoms with Gasteiger partial charge in [-0.1, -0.05) is 133 Å². The first-order chi connectivity index (χ1) is 20.5. The summed E-state index contributed by atoms with van der Waals surface area (Å²) in [7, 11) is 0. The third kappa shape index (κ3) is 8.98. The van der Waals surface area contributed by atoms with E-state index in [9.17, 15) is 4.39 Å². The minimum Gasteiger partial charge on any atom is -0.206 e. The molecule has 4 rings (SSSR count). The minimum atomic E-state index is -0.796. The largest absolute Gasteiger partial charge is 0.206 e. The molecule has 0 aliphatic heterocycles. The summed E-state index contributed by atoms with van der Waals surface area (Å²) in [5.41, 5.74) is 3.69. The topological polar surface area (TPSA) is 0 Å². The molecular formula is C39H51F3. The molecule has 0 heterocycles. The highest BCUT2D eigenvalue weighted by Crippen LogP contribution is 2.39. The van der Waals surface area contributed by atoms with Gasteiger partial charge in [0.2, 0.25) is 0 Å². The maximum absolute atomic E-state index is 15.3. The SMILES string of the molecule is CCCCCCCCCCc1ccc(-c2ccc(-c3ccc(C4CCC(CCCCC)CC4)cc3F)cc2)c(F)c1F. The van der Waals surface area contributed by atoms with Gasteiger partial charge in [0.25, 0.3) is 0 Å². The van der Waals surface area contributed by atoms with Crippen LogP contribution in [0.3, 0.4) is 0 Å². The third-order valence-electron chi connectivity index (χ3n) is 9.50. The molecule has 0 spiro atoms. The second-order valence-electron chi connectivity index (χ2n) is 12.7. The van der Waals surface area contributed by atoms with Gasteiger partial charge in [-0.3, -0.25) is 0 Å². The van der Waals surface area contributed by atoms with E-state index in [-0.39, 0.29) is 11.4 Å². The molecule has 1 aliphatic rings. The lowest BCUT2D eigenvalue weighted by molar-refractivity contribution is 0.302. The van der Waals surface area contributed by atoms with Gasteiger partial charge in [-0.25, -0.2) is 13.2 Å². The summed E-state index contributed by atoms with van der Waals surface area (Å²) in [5, 5.41) is 0. The number of unbranched alkanes of at least 4 members (excludes halogenated alkanes) is 9. The Bertz CT molecular complexity index is 1220. The van der Waals surface area contributed by atoms with Crippen molar-refractivity contribution in [2.24, 2.45) is 5.92 Å². The van der Waals surface area contributed by atoms with Crippen LogP contribution >= 0.6 is 0 Å². The van der Waals surface area contributed by atoms with Crippen molar-refractivity contribution in [3.8, 4) is 22.3 Å².